The number of carbonyl (C=O) groups is 1. The van der Waals surface area contributed by atoms with Gasteiger partial charge in [0.2, 0.25) is 0 Å². The fourth-order valence-corrected chi connectivity index (χ4v) is 2.94. The van der Waals surface area contributed by atoms with Crippen molar-refractivity contribution in [1.29, 1.82) is 0 Å². The molecule has 3 aromatic rings. The van der Waals surface area contributed by atoms with Crippen LogP contribution in [0, 0.1) is 10.1 Å². The number of amides is 1. The number of nitrogens with zero attached hydrogens (tertiary/aromatic N) is 2. The zero-order chi connectivity index (χ0) is 20.9. The number of hydrazone groups is 1. The Labute approximate surface area is 171 Å². The van der Waals surface area contributed by atoms with Gasteiger partial charge in [0.1, 0.15) is 0 Å². The van der Waals surface area contributed by atoms with Gasteiger partial charge in [0.25, 0.3) is 11.6 Å². The molecular formula is C21H16ClN3O4. The molecule has 0 spiro atoms. The number of nitro groups is 1. The number of rotatable bonds is 6. The van der Waals surface area contributed by atoms with Gasteiger partial charge in [0.15, 0.2) is 5.60 Å². The average Bonchev–Trinajstić information content (AvgIpc) is 2.75. The molecule has 0 saturated carbocycles. The molecule has 0 heterocycles. The van der Waals surface area contributed by atoms with Crippen molar-refractivity contribution in [3.63, 3.8) is 0 Å². The summed E-state index contributed by atoms with van der Waals surface area (Å²) in [6.45, 7) is 0. The molecule has 0 atom stereocenters. The number of nitro benzene ring substituents is 1. The van der Waals surface area contributed by atoms with E-state index in [4.69, 9.17) is 11.6 Å². The van der Waals surface area contributed by atoms with Crippen LogP contribution in [-0.4, -0.2) is 22.2 Å². The molecular weight excluding hydrogens is 394 g/mol. The summed E-state index contributed by atoms with van der Waals surface area (Å²) in [4.78, 5) is 23.2. The first kappa shape index (κ1) is 20.2. The van der Waals surface area contributed by atoms with Gasteiger partial charge >= 0.3 is 0 Å². The van der Waals surface area contributed by atoms with Crippen LogP contribution in [0.5, 0.6) is 0 Å². The monoisotopic (exact) mass is 409 g/mol. The second-order valence-corrected chi connectivity index (χ2v) is 6.51. The lowest BCUT2D eigenvalue weighted by Gasteiger charge is -2.27. The minimum absolute atomic E-state index is 0.160. The van der Waals surface area contributed by atoms with E-state index in [1.807, 2.05) is 0 Å². The highest BCUT2D eigenvalue weighted by Gasteiger charge is 2.39. The maximum absolute atomic E-state index is 12.9. The second kappa shape index (κ2) is 8.64. The van der Waals surface area contributed by atoms with Crippen LogP contribution < -0.4 is 5.43 Å². The van der Waals surface area contributed by atoms with E-state index in [1.54, 1.807) is 60.7 Å². The lowest BCUT2D eigenvalue weighted by atomic mass is 9.85. The summed E-state index contributed by atoms with van der Waals surface area (Å²) >= 11 is 6.02. The smallest absolute Gasteiger partial charge is 0.281 e. The zero-order valence-corrected chi connectivity index (χ0v) is 15.8. The average molecular weight is 410 g/mol. The molecule has 146 valence electrons. The van der Waals surface area contributed by atoms with E-state index >= 15 is 0 Å². The van der Waals surface area contributed by atoms with Gasteiger partial charge in [-0.25, -0.2) is 5.43 Å². The molecule has 0 aliphatic heterocycles. The standard InChI is InChI=1S/C21H16ClN3O4/c22-19-12-11-18(25(28)29)13-15(19)14-23-24-20(26)21(27,16-7-3-1-4-8-16)17-9-5-2-6-10-17/h1-14,27H,(H,24,26)/b23-14-. The zero-order valence-electron chi connectivity index (χ0n) is 15.0. The quantitative estimate of drug-likeness (QED) is 0.368. The van der Waals surface area contributed by atoms with E-state index < -0.39 is 16.4 Å². The van der Waals surface area contributed by atoms with E-state index in [-0.39, 0.29) is 16.3 Å². The van der Waals surface area contributed by atoms with Gasteiger partial charge in [-0.15, -0.1) is 0 Å². The highest BCUT2D eigenvalue weighted by atomic mass is 35.5. The lowest BCUT2D eigenvalue weighted by molar-refractivity contribution is -0.384. The first-order valence-corrected chi connectivity index (χ1v) is 8.91. The highest BCUT2D eigenvalue weighted by Crippen LogP contribution is 2.30. The van der Waals surface area contributed by atoms with Crippen molar-refractivity contribution in [2.24, 2.45) is 5.10 Å². The van der Waals surface area contributed by atoms with E-state index in [9.17, 15) is 20.0 Å². The number of hydrogen-bond acceptors (Lipinski definition) is 5. The van der Waals surface area contributed by atoms with Crippen molar-refractivity contribution in [3.05, 3.63) is 111 Å². The summed E-state index contributed by atoms with van der Waals surface area (Å²) in [7, 11) is 0. The predicted molar refractivity (Wildman–Crippen MR) is 110 cm³/mol. The molecule has 0 saturated heterocycles. The molecule has 3 aromatic carbocycles. The lowest BCUT2D eigenvalue weighted by Crippen LogP contribution is -2.43. The maximum Gasteiger partial charge on any atom is 0.281 e. The Balaban J connectivity index is 1.90. The molecule has 1 amide bonds. The van der Waals surface area contributed by atoms with E-state index in [0.29, 0.717) is 11.1 Å². The number of hydrogen-bond donors (Lipinski definition) is 2. The molecule has 0 radical (unpaired) electrons. The minimum atomic E-state index is -1.98. The SMILES string of the molecule is O=C(N/N=C\c1cc([N+](=O)[O-])ccc1Cl)C(O)(c1ccccc1)c1ccccc1. The fraction of sp³-hybridized carbons (Fsp3) is 0.0476. The number of non-ortho nitro benzene ring substituents is 1. The Bertz CT molecular complexity index is 1020. The van der Waals surface area contributed by atoms with Crippen molar-refractivity contribution >= 4 is 29.4 Å². The third-order valence-electron chi connectivity index (χ3n) is 4.27. The van der Waals surface area contributed by atoms with Crippen LogP contribution in [-0.2, 0) is 10.4 Å². The molecule has 0 aliphatic carbocycles. The van der Waals surface area contributed by atoms with Gasteiger partial charge in [-0.05, 0) is 17.2 Å². The molecule has 0 bridgehead atoms. The van der Waals surface area contributed by atoms with Crippen molar-refractivity contribution in [3.8, 4) is 0 Å². The summed E-state index contributed by atoms with van der Waals surface area (Å²) in [5, 5.41) is 26.3. The van der Waals surface area contributed by atoms with Crippen molar-refractivity contribution in [2.75, 3.05) is 0 Å². The van der Waals surface area contributed by atoms with Crippen LogP contribution in [0.3, 0.4) is 0 Å². The number of halogens is 1. The van der Waals surface area contributed by atoms with Gasteiger partial charge in [-0.3, -0.25) is 14.9 Å². The summed E-state index contributed by atoms with van der Waals surface area (Å²) < 4.78 is 0. The van der Waals surface area contributed by atoms with Crippen LogP contribution in [0.15, 0.2) is 84.0 Å². The van der Waals surface area contributed by atoms with Crippen molar-refractivity contribution < 1.29 is 14.8 Å². The molecule has 0 fully saturated rings. The molecule has 29 heavy (non-hydrogen) atoms. The van der Waals surface area contributed by atoms with E-state index in [2.05, 4.69) is 10.5 Å². The van der Waals surface area contributed by atoms with Crippen LogP contribution in [0.25, 0.3) is 0 Å². The molecule has 3 rings (SSSR count). The topological polar surface area (TPSA) is 105 Å². The normalized spacial score (nSPS) is 11.4. The summed E-state index contributed by atoms with van der Waals surface area (Å²) in [5.41, 5.74) is 1.15. The van der Waals surface area contributed by atoms with Gasteiger partial charge in [0, 0.05) is 22.7 Å². The van der Waals surface area contributed by atoms with Crippen LogP contribution in [0.1, 0.15) is 16.7 Å². The number of carbonyl (C=O) groups excluding carboxylic acids is 1. The van der Waals surface area contributed by atoms with Crippen LogP contribution in [0.2, 0.25) is 5.02 Å². The predicted octanol–water partition coefficient (Wildman–Crippen LogP) is 3.63. The first-order chi connectivity index (χ1) is 13.9. The first-order valence-electron chi connectivity index (χ1n) is 8.54. The fourth-order valence-electron chi connectivity index (χ4n) is 2.77. The Morgan fingerprint density at radius 1 is 1.03 bits per heavy atom. The van der Waals surface area contributed by atoms with E-state index in [0.717, 1.165) is 0 Å². The molecule has 8 heteroatoms. The molecule has 0 aromatic heterocycles. The number of nitrogens with one attached hydrogen (secondary N) is 1. The Kier molecular flexibility index (Phi) is 6.01. The van der Waals surface area contributed by atoms with Crippen molar-refractivity contribution in [1.82, 2.24) is 5.43 Å². The van der Waals surface area contributed by atoms with Gasteiger partial charge in [-0.1, -0.05) is 72.3 Å². The number of benzene rings is 3. The number of aliphatic hydroxyl groups is 1. The molecule has 2 N–H and O–H groups in total. The van der Waals surface area contributed by atoms with Gasteiger partial charge < -0.3 is 5.11 Å². The molecule has 0 unspecified atom stereocenters. The van der Waals surface area contributed by atoms with Gasteiger partial charge in [0.05, 0.1) is 11.1 Å². The maximum atomic E-state index is 12.9. The minimum Gasteiger partial charge on any atom is -0.372 e. The third kappa shape index (κ3) is 4.31. The molecule has 7 nitrogen and oxygen atoms in total. The Morgan fingerprint density at radius 2 is 1.59 bits per heavy atom. The Hall–Kier alpha value is -3.55. The summed E-state index contributed by atoms with van der Waals surface area (Å²) in [6.07, 6.45) is 1.18. The van der Waals surface area contributed by atoms with Crippen molar-refractivity contribution in [2.45, 2.75) is 5.60 Å². The second-order valence-electron chi connectivity index (χ2n) is 6.10. The summed E-state index contributed by atoms with van der Waals surface area (Å²) in [5.74, 6) is -0.785. The van der Waals surface area contributed by atoms with E-state index in [1.165, 1.54) is 24.4 Å². The third-order valence-corrected chi connectivity index (χ3v) is 4.62. The molecule has 0 aliphatic rings. The Morgan fingerprint density at radius 3 is 2.10 bits per heavy atom. The van der Waals surface area contributed by atoms with Crippen LogP contribution >= 0.6 is 11.6 Å². The summed E-state index contributed by atoms with van der Waals surface area (Å²) in [6, 6.07) is 20.8. The van der Waals surface area contributed by atoms with Gasteiger partial charge in [-0.2, -0.15) is 5.10 Å². The van der Waals surface area contributed by atoms with Crippen LogP contribution in [0.4, 0.5) is 5.69 Å². The highest BCUT2D eigenvalue weighted by molar-refractivity contribution is 6.33. The largest absolute Gasteiger partial charge is 0.372 e.